The third kappa shape index (κ3) is 5.87. The number of fused-ring (bicyclic) bond motifs is 1. The largest absolute Gasteiger partial charge is 0.364 e. The first-order valence-corrected chi connectivity index (χ1v) is 11.1. The highest BCUT2D eigenvalue weighted by Crippen LogP contribution is 2.32. The van der Waals surface area contributed by atoms with Crippen molar-refractivity contribution < 1.29 is 4.79 Å². The molecule has 1 N–H and O–H groups in total. The molecule has 0 unspecified atom stereocenters. The van der Waals surface area contributed by atoms with Crippen LogP contribution >= 0.6 is 37.2 Å². The molecule has 3 heterocycles. The number of carbonyl (C=O) groups is 1. The number of aromatic amines is 1. The van der Waals surface area contributed by atoms with Crippen LogP contribution < -0.4 is 4.90 Å². The number of nitrogens with zero attached hydrogens (tertiary/aromatic N) is 4. The number of aromatic nitrogens is 2. The summed E-state index contributed by atoms with van der Waals surface area (Å²) in [6.45, 7) is 3.94. The molecule has 0 saturated carbocycles. The van der Waals surface area contributed by atoms with Gasteiger partial charge in [-0.3, -0.25) is 9.69 Å². The van der Waals surface area contributed by atoms with Gasteiger partial charge in [-0.25, -0.2) is 4.98 Å². The lowest BCUT2D eigenvalue weighted by molar-refractivity contribution is -0.136. The maximum Gasteiger partial charge on any atom is 0.240 e. The number of imidazole rings is 1. The minimum atomic E-state index is 0. The number of benzene rings is 2. The molecule has 6 nitrogen and oxygen atoms in total. The standard InChI is InChI=1S/C25H29N5O.3ClH/c1-28-11-5-8-24(28)25(31)30-13-12-29(17-22-15-26-18-27-22)23-10-9-20(14-21(23)16-30)19-6-3-2-4-7-19;;;/h2-4,6-7,9-10,14-15,18,24H,5,8,11-13,16-17H2,1H3,(H,26,27);3*1H/t24-;;;/m0.../s1. The van der Waals surface area contributed by atoms with E-state index in [1.807, 2.05) is 12.3 Å². The molecule has 0 radical (unpaired) electrons. The first-order valence-electron chi connectivity index (χ1n) is 11.1. The lowest BCUT2D eigenvalue weighted by Crippen LogP contribution is -2.45. The van der Waals surface area contributed by atoms with Crippen LogP contribution in [0.15, 0.2) is 61.1 Å². The number of rotatable bonds is 4. The van der Waals surface area contributed by atoms with Crippen molar-refractivity contribution in [2.45, 2.75) is 32.0 Å². The van der Waals surface area contributed by atoms with Crippen molar-refractivity contribution in [3.63, 3.8) is 0 Å². The average Bonchev–Trinajstić information content (AvgIpc) is 3.43. The van der Waals surface area contributed by atoms with Crippen molar-refractivity contribution >= 4 is 48.8 Å². The summed E-state index contributed by atoms with van der Waals surface area (Å²) >= 11 is 0. The normalized spacial score (nSPS) is 17.6. The van der Waals surface area contributed by atoms with Crippen molar-refractivity contribution in [1.82, 2.24) is 19.8 Å². The molecule has 2 aliphatic rings. The number of hydrogen-bond donors (Lipinski definition) is 1. The van der Waals surface area contributed by atoms with Gasteiger partial charge in [0.25, 0.3) is 0 Å². The summed E-state index contributed by atoms with van der Waals surface area (Å²) in [5.74, 6) is 0.263. The molecule has 3 aromatic rings. The van der Waals surface area contributed by atoms with E-state index >= 15 is 0 Å². The van der Waals surface area contributed by atoms with Crippen LogP contribution in [0, 0.1) is 0 Å². The summed E-state index contributed by atoms with van der Waals surface area (Å²) in [6, 6.07) is 17.1. The van der Waals surface area contributed by atoms with Crippen LogP contribution in [-0.4, -0.2) is 58.4 Å². The van der Waals surface area contributed by atoms with Crippen molar-refractivity contribution in [2.24, 2.45) is 0 Å². The summed E-state index contributed by atoms with van der Waals surface area (Å²) in [5, 5.41) is 0. The first-order chi connectivity index (χ1) is 15.2. The van der Waals surface area contributed by atoms with Crippen LogP contribution in [0.2, 0.25) is 0 Å². The highest BCUT2D eigenvalue weighted by Gasteiger charge is 2.33. The van der Waals surface area contributed by atoms with E-state index in [0.717, 1.165) is 44.7 Å². The van der Waals surface area contributed by atoms with Crippen molar-refractivity contribution in [2.75, 3.05) is 31.6 Å². The van der Waals surface area contributed by atoms with Crippen LogP contribution in [-0.2, 0) is 17.9 Å². The number of likely N-dealkylation sites (N-methyl/N-ethyl adjacent to an activating group) is 1. The molecule has 1 aromatic heterocycles. The average molecular weight is 525 g/mol. The van der Waals surface area contributed by atoms with Gasteiger partial charge in [0.1, 0.15) is 0 Å². The van der Waals surface area contributed by atoms with E-state index in [1.54, 1.807) is 6.33 Å². The van der Waals surface area contributed by atoms with Gasteiger partial charge in [-0.2, -0.15) is 0 Å². The molecule has 34 heavy (non-hydrogen) atoms. The summed E-state index contributed by atoms with van der Waals surface area (Å²) < 4.78 is 0. The fourth-order valence-electron chi connectivity index (χ4n) is 4.84. The highest BCUT2D eigenvalue weighted by atomic mass is 35.5. The fourth-order valence-corrected chi connectivity index (χ4v) is 4.84. The first kappa shape index (κ1) is 28.0. The molecule has 1 saturated heterocycles. The number of nitrogens with one attached hydrogen (secondary N) is 1. The Morgan fingerprint density at radius 2 is 1.82 bits per heavy atom. The Hall–Kier alpha value is -2.25. The molecule has 2 aromatic carbocycles. The smallest absolute Gasteiger partial charge is 0.240 e. The molecule has 5 rings (SSSR count). The Kier molecular flexibility index (Phi) is 10.3. The Labute approximate surface area is 220 Å². The van der Waals surface area contributed by atoms with Crippen molar-refractivity contribution in [3.05, 3.63) is 72.3 Å². The van der Waals surface area contributed by atoms with Gasteiger partial charge in [0.05, 0.1) is 24.6 Å². The van der Waals surface area contributed by atoms with Crippen LogP contribution in [0.4, 0.5) is 5.69 Å². The number of anilines is 1. The van der Waals surface area contributed by atoms with Gasteiger partial charge in [-0.15, -0.1) is 37.2 Å². The number of amides is 1. The Morgan fingerprint density at radius 3 is 2.50 bits per heavy atom. The number of carbonyl (C=O) groups excluding carboxylic acids is 1. The van der Waals surface area contributed by atoms with Crippen molar-refractivity contribution in [1.29, 1.82) is 0 Å². The Bertz CT molecular complexity index is 1050. The monoisotopic (exact) mass is 523 g/mol. The molecular weight excluding hydrogens is 493 g/mol. The van der Waals surface area contributed by atoms with Gasteiger partial charge in [0.15, 0.2) is 0 Å². The van der Waals surface area contributed by atoms with E-state index in [9.17, 15) is 4.79 Å². The molecular formula is C25H32Cl3N5O. The zero-order valence-electron chi connectivity index (χ0n) is 19.2. The minimum Gasteiger partial charge on any atom is -0.364 e. The summed E-state index contributed by atoms with van der Waals surface area (Å²) in [7, 11) is 2.07. The highest BCUT2D eigenvalue weighted by molar-refractivity contribution is 5.86. The Morgan fingerprint density at radius 1 is 1.03 bits per heavy atom. The van der Waals surface area contributed by atoms with E-state index in [-0.39, 0.29) is 49.2 Å². The third-order valence-corrected chi connectivity index (χ3v) is 6.56. The van der Waals surface area contributed by atoms with Crippen LogP contribution in [0.25, 0.3) is 11.1 Å². The molecule has 2 aliphatic heterocycles. The second-order valence-electron chi connectivity index (χ2n) is 8.61. The zero-order valence-corrected chi connectivity index (χ0v) is 21.7. The number of likely N-dealkylation sites (tertiary alicyclic amines) is 1. The maximum atomic E-state index is 13.4. The predicted molar refractivity (Wildman–Crippen MR) is 144 cm³/mol. The number of halogens is 3. The molecule has 1 fully saturated rings. The summed E-state index contributed by atoms with van der Waals surface area (Å²) in [4.78, 5) is 27.4. The van der Waals surface area contributed by atoms with E-state index in [2.05, 4.69) is 74.2 Å². The van der Waals surface area contributed by atoms with Gasteiger partial charge in [0.2, 0.25) is 5.91 Å². The van der Waals surface area contributed by atoms with Crippen LogP contribution in [0.1, 0.15) is 24.1 Å². The molecule has 0 spiro atoms. The molecule has 9 heteroatoms. The summed E-state index contributed by atoms with van der Waals surface area (Å²) in [5.41, 5.74) is 5.86. The molecule has 0 aliphatic carbocycles. The molecule has 1 amide bonds. The van der Waals surface area contributed by atoms with E-state index < -0.39 is 0 Å². The van der Waals surface area contributed by atoms with Crippen LogP contribution in [0.5, 0.6) is 0 Å². The van der Waals surface area contributed by atoms with Gasteiger partial charge in [-0.1, -0.05) is 36.4 Å². The number of H-pyrrole nitrogens is 1. The predicted octanol–water partition coefficient (Wildman–Crippen LogP) is 4.79. The second kappa shape index (κ2) is 12.5. The van der Waals surface area contributed by atoms with Crippen LogP contribution in [0.3, 0.4) is 0 Å². The van der Waals surface area contributed by atoms with Gasteiger partial charge < -0.3 is 14.8 Å². The zero-order chi connectivity index (χ0) is 21.2. The summed E-state index contributed by atoms with van der Waals surface area (Å²) in [6.07, 6.45) is 5.65. The lowest BCUT2D eigenvalue weighted by Gasteiger charge is -2.28. The fraction of sp³-hybridized carbons (Fsp3) is 0.360. The van der Waals surface area contributed by atoms with Gasteiger partial charge >= 0.3 is 0 Å². The van der Waals surface area contributed by atoms with Gasteiger partial charge in [0, 0.05) is 31.5 Å². The topological polar surface area (TPSA) is 55.5 Å². The maximum absolute atomic E-state index is 13.4. The van der Waals surface area contributed by atoms with Gasteiger partial charge in [-0.05, 0) is 55.3 Å². The van der Waals surface area contributed by atoms with Crippen molar-refractivity contribution in [3.8, 4) is 11.1 Å². The van der Waals surface area contributed by atoms with E-state index in [4.69, 9.17) is 0 Å². The molecule has 0 bridgehead atoms. The minimum absolute atomic E-state index is 0. The lowest BCUT2D eigenvalue weighted by atomic mass is 10.0. The van der Waals surface area contributed by atoms with E-state index in [0.29, 0.717) is 6.54 Å². The van der Waals surface area contributed by atoms with E-state index in [1.165, 1.54) is 22.4 Å². The molecule has 184 valence electrons. The SMILES string of the molecule is CN1CCC[C@H]1C(=O)N1CCN(Cc2cnc[nH]2)c2ccc(-c3ccccc3)cc2C1.Cl.Cl.Cl. The number of hydrogen-bond acceptors (Lipinski definition) is 4. The quantitative estimate of drug-likeness (QED) is 0.533. The Balaban J connectivity index is 0.00000136. The third-order valence-electron chi connectivity index (χ3n) is 6.56. The second-order valence-corrected chi connectivity index (χ2v) is 8.61. The molecule has 1 atom stereocenters.